The van der Waals surface area contributed by atoms with Crippen LogP contribution in [0.1, 0.15) is 16.1 Å². The van der Waals surface area contributed by atoms with Crippen molar-refractivity contribution in [3.05, 3.63) is 66.0 Å². The average Bonchev–Trinajstić information content (AvgIpc) is 3.30. The fraction of sp³-hybridized carbons (Fsp3) is 0.125. The molecule has 0 saturated carbocycles. The van der Waals surface area contributed by atoms with Gasteiger partial charge in [-0.2, -0.15) is 5.10 Å². The van der Waals surface area contributed by atoms with Crippen LogP contribution in [-0.2, 0) is 13.0 Å². The highest BCUT2D eigenvalue weighted by Crippen LogP contribution is 2.16. The first-order valence-corrected chi connectivity index (χ1v) is 8.31. The van der Waals surface area contributed by atoms with Gasteiger partial charge in [0.1, 0.15) is 16.9 Å². The molecule has 120 valence electrons. The third kappa shape index (κ3) is 2.91. The second-order valence-corrected chi connectivity index (χ2v) is 6.14. The van der Waals surface area contributed by atoms with Crippen molar-refractivity contribution >= 4 is 27.9 Å². The molecule has 0 aliphatic carbocycles. The number of hydrogen-bond acceptors (Lipinski definition) is 5. The number of carbonyl (C=O) groups is 1. The molecule has 0 radical (unpaired) electrons. The van der Waals surface area contributed by atoms with E-state index in [2.05, 4.69) is 20.4 Å². The Morgan fingerprint density at radius 3 is 2.96 bits per heavy atom. The zero-order chi connectivity index (χ0) is 16.4. The number of imidazole rings is 1. The molecule has 0 saturated heterocycles. The SMILES string of the molecule is O=C(Nc1ccn(CCc2ccncc2)n1)c1csc2cncn12. The molecule has 8 heteroatoms. The van der Waals surface area contributed by atoms with E-state index < -0.39 is 0 Å². The predicted molar refractivity (Wildman–Crippen MR) is 91.2 cm³/mol. The third-order valence-corrected chi connectivity index (χ3v) is 4.53. The molecular weight excluding hydrogens is 324 g/mol. The minimum Gasteiger partial charge on any atom is -0.304 e. The van der Waals surface area contributed by atoms with Crippen LogP contribution in [0.5, 0.6) is 0 Å². The van der Waals surface area contributed by atoms with Crippen LogP contribution in [0.4, 0.5) is 5.82 Å². The van der Waals surface area contributed by atoms with E-state index in [9.17, 15) is 4.79 Å². The average molecular weight is 338 g/mol. The van der Waals surface area contributed by atoms with Crippen molar-refractivity contribution in [3.63, 3.8) is 0 Å². The molecule has 0 bridgehead atoms. The summed E-state index contributed by atoms with van der Waals surface area (Å²) in [6, 6.07) is 5.76. The number of aromatic nitrogens is 5. The van der Waals surface area contributed by atoms with Gasteiger partial charge in [0.2, 0.25) is 0 Å². The van der Waals surface area contributed by atoms with Crippen molar-refractivity contribution in [3.8, 4) is 0 Å². The lowest BCUT2D eigenvalue weighted by atomic mass is 10.2. The number of thiazole rings is 1. The number of rotatable bonds is 5. The Bertz CT molecular complexity index is 971. The molecule has 0 unspecified atom stereocenters. The Morgan fingerprint density at radius 2 is 2.08 bits per heavy atom. The number of nitrogens with one attached hydrogen (secondary N) is 1. The second-order valence-electron chi connectivity index (χ2n) is 5.25. The molecule has 0 spiro atoms. The topological polar surface area (TPSA) is 77.1 Å². The van der Waals surface area contributed by atoms with Crippen molar-refractivity contribution < 1.29 is 4.79 Å². The van der Waals surface area contributed by atoms with Gasteiger partial charge >= 0.3 is 0 Å². The van der Waals surface area contributed by atoms with Crippen LogP contribution in [0, 0.1) is 0 Å². The highest BCUT2D eigenvalue weighted by atomic mass is 32.1. The molecule has 0 aromatic carbocycles. The number of fused-ring (bicyclic) bond motifs is 1. The van der Waals surface area contributed by atoms with Crippen LogP contribution in [0.3, 0.4) is 0 Å². The van der Waals surface area contributed by atoms with Gasteiger partial charge in [-0.25, -0.2) is 4.98 Å². The molecule has 4 aromatic rings. The van der Waals surface area contributed by atoms with E-state index in [1.165, 1.54) is 16.9 Å². The van der Waals surface area contributed by atoms with Crippen LogP contribution in [0.2, 0.25) is 0 Å². The quantitative estimate of drug-likeness (QED) is 0.606. The lowest BCUT2D eigenvalue weighted by Gasteiger charge is -2.02. The third-order valence-electron chi connectivity index (χ3n) is 3.65. The van der Waals surface area contributed by atoms with E-state index in [1.54, 1.807) is 35.4 Å². The van der Waals surface area contributed by atoms with E-state index in [1.807, 2.05) is 28.4 Å². The van der Waals surface area contributed by atoms with Crippen molar-refractivity contribution in [2.75, 3.05) is 5.32 Å². The van der Waals surface area contributed by atoms with Gasteiger partial charge < -0.3 is 5.32 Å². The number of anilines is 1. The summed E-state index contributed by atoms with van der Waals surface area (Å²) in [5.41, 5.74) is 1.76. The van der Waals surface area contributed by atoms with Gasteiger partial charge in [0.15, 0.2) is 5.82 Å². The number of nitrogens with zero attached hydrogens (tertiary/aromatic N) is 5. The van der Waals surface area contributed by atoms with Gasteiger partial charge in [0.05, 0.1) is 6.20 Å². The van der Waals surface area contributed by atoms with Crippen molar-refractivity contribution in [1.82, 2.24) is 24.1 Å². The molecule has 4 aromatic heterocycles. The van der Waals surface area contributed by atoms with E-state index in [0.29, 0.717) is 11.5 Å². The summed E-state index contributed by atoms with van der Waals surface area (Å²) in [7, 11) is 0. The fourth-order valence-electron chi connectivity index (χ4n) is 2.41. The molecule has 1 amide bonds. The summed E-state index contributed by atoms with van der Waals surface area (Å²) in [4.78, 5) is 21.3. The van der Waals surface area contributed by atoms with Gasteiger partial charge in [-0.3, -0.25) is 18.9 Å². The zero-order valence-corrected chi connectivity index (χ0v) is 13.5. The number of amides is 1. The molecule has 7 nitrogen and oxygen atoms in total. The zero-order valence-electron chi connectivity index (χ0n) is 12.7. The molecule has 1 N–H and O–H groups in total. The Balaban J connectivity index is 1.41. The smallest absolute Gasteiger partial charge is 0.274 e. The molecule has 0 aliphatic heterocycles. The lowest BCUT2D eigenvalue weighted by Crippen LogP contribution is -2.14. The monoisotopic (exact) mass is 338 g/mol. The first-order chi connectivity index (χ1) is 11.8. The van der Waals surface area contributed by atoms with Crippen LogP contribution >= 0.6 is 11.3 Å². The van der Waals surface area contributed by atoms with E-state index in [4.69, 9.17) is 0 Å². The summed E-state index contributed by atoms with van der Waals surface area (Å²) in [5.74, 6) is 0.341. The summed E-state index contributed by atoms with van der Waals surface area (Å²) in [5, 5.41) is 9.02. The number of hydrogen-bond donors (Lipinski definition) is 1. The summed E-state index contributed by atoms with van der Waals surface area (Å²) >= 11 is 1.48. The first-order valence-electron chi connectivity index (χ1n) is 7.43. The largest absolute Gasteiger partial charge is 0.304 e. The lowest BCUT2D eigenvalue weighted by molar-refractivity contribution is 0.102. The van der Waals surface area contributed by atoms with Gasteiger partial charge in [-0.1, -0.05) is 0 Å². The van der Waals surface area contributed by atoms with Crippen molar-refractivity contribution in [2.45, 2.75) is 13.0 Å². The number of carbonyl (C=O) groups excluding carboxylic acids is 1. The standard InChI is InChI=1S/C16H14N6OS/c23-16(13-10-24-15-9-18-11-22(13)15)19-14-4-8-21(20-14)7-3-12-1-5-17-6-2-12/h1-2,4-6,8-11H,3,7H2,(H,19,20,23). The van der Waals surface area contributed by atoms with Gasteiger partial charge in [-0.05, 0) is 24.1 Å². The minimum atomic E-state index is -0.196. The molecule has 0 atom stereocenters. The van der Waals surface area contributed by atoms with Crippen molar-refractivity contribution in [2.24, 2.45) is 0 Å². The van der Waals surface area contributed by atoms with Crippen molar-refractivity contribution in [1.29, 1.82) is 0 Å². The maximum atomic E-state index is 12.4. The normalized spacial score (nSPS) is 11.0. The fourth-order valence-corrected chi connectivity index (χ4v) is 3.25. The highest BCUT2D eigenvalue weighted by molar-refractivity contribution is 7.15. The van der Waals surface area contributed by atoms with Gasteiger partial charge in [-0.15, -0.1) is 11.3 Å². The Labute approximate surface area is 141 Å². The van der Waals surface area contributed by atoms with Gasteiger partial charge in [0.25, 0.3) is 5.91 Å². The summed E-state index contributed by atoms with van der Waals surface area (Å²) < 4.78 is 3.58. The molecule has 0 fully saturated rings. The highest BCUT2D eigenvalue weighted by Gasteiger charge is 2.13. The number of pyridine rings is 1. The molecule has 24 heavy (non-hydrogen) atoms. The van der Waals surface area contributed by atoms with Crippen LogP contribution in [-0.4, -0.2) is 30.1 Å². The van der Waals surface area contributed by atoms with Crippen LogP contribution < -0.4 is 5.32 Å². The molecule has 4 heterocycles. The minimum absolute atomic E-state index is 0.196. The molecule has 0 aliphatic rings. The van der Waals surface area contributed by atoms with E-state index in [0.717, 1.165) is 17.8 Å². The predicted octanol–water partition coefficient (Wildman–Crippen LogP) is 2.48. The Kier molecular flexibility index (Phi) is 3.80. The summed E-state index contributed by atoms with van der Waals surface area (Å²) in [6.07, 6.45) is 9.64. The van der Waals surface area contributed by atoms with E-state index in [-0.39, 0.29) is 5.91 Å². The maximum Gasteiger partial charge on any atom is 0.274 e. The molecular formula is C16H14N6OS. The molecule has 4 rings (SSSR count). The van der Waals surface area contributed by atoms with Crippen LogP contribution in [0.25, 0.3) is 4.83 Å². The number of aryl methyl sites for hydroxylation is 2. The Morgan fingerprint density at radius 1 is 1.21 bits per heavy atom. The maximum absolute atomic E-state index is 12.4. The Hall–Kier alpha value is -3.00. The second kappa shape index (κ2) is 6.25. The van der Waals surface area contributed by atoms with Gasteiger partial charge in [0, 0.05) is 36.6 Å². The summed E-state index contributed by atoms with van der Waals surface area (Å²) in [6.45, 7) is 0.740. The van der Waals surface area contributed by atoms with E-state index >= 15 is 0 Å². The van der Waals surface area contributed by atoms with Crippen LogP contribution in [0.15, 0.2) is 54.7 Å². The first kappa shape index (κ1) is 14.6.